The van der Waals surface area contributed by atoms with E-state index in [0.29, 0.717) is 0 Å². The van der Waals surface area contributed by atoms with Crippen LogP contribution in [0.25, 0.3) is 22.3 Å². The fourth-order valence-electron chi connectivity index (χ4n) is 3.70. The van der Waals surface area contributed by atoms with Crippen molar-refractivity contribution in [3.63, 3.8) is 0 Å². The molecule has 0 bridgehead atoms. The van der Waals surface area contributed by atoms with Gasteiger partial charge in [0.25, 0.3) is 0 Å². The normalized spacial score (nSPS) is 11.8. The second-order valence-corrected chi connectivity index (χ2v) is 8.63. The van der Waals surface area contributed by atoms with Gasteiger partial charge in [0.15, 0.2) is 0 Å². The van der Waals surface area contributed by atoms with Gasteiger partial charge in [-0.25, -0.2) is 0 Å². The van der Waals surface area contributed by atoms with Crippen LogP contribution in [0, 0.1) is 19.3 Å². The molecule has 0 fully saturated rings. The smallest absolute Gasteiger partial charge is 0.141 e. The number of benzene rings is 1. The molecule has 2 heterocycles. The molecule has 0 aliphatic carbocycles. The predicted molar refractivity (Wildman–Crippen MR) is 115 cm³/mol. The first-order chi connectivity index (χ1) is 13.1. The zero-order chi connectivity index (χ0) is 20.6. The van der Waals surface area contributed by atoms with Gasteiger partial charge in [-0.2, -0.15) is 0 Å². The first kappa shape index (κ1) is 20.1. The maximum absolute atomic E-state index is 6.63. The van der Waals surface area contributed by atoms with Gasteiger partial charge < -0.3 is 19.6 Å². The lowest BCUT2D eigenvalue weighted by Gasteiger charge is -2.19. The van der Waals surface area contributed by atoms with Crippen LogP contribution in [0.3, 0.4) is 0 Å². The highest BCUT2D eigenvalue weighted by Gasteiger charge is 2.27. The molecule has 3 rings (SSSR count). The van der Waals surface area contributed by atoms with Crippen molar-refractivity contribution in [1.29, 1.82) is 0 Å². The molecule has 28 heavy (non-hydrogen) atoms. The lowest BCUT2D eigenvalue weighted by atomic mass is 9.87. The number of hydrogen-bond donors (Lipinski definition) is 1. The first-order valence-electron chi connectivity index (χ1n) is 9.68. The minimum Gasteiger partial charge on any atom is -0.497 e. The lowest BCUT2D eigenvalue weighted by molar-refractivity contribution is 0.375. The maximum Gasteiger partial charge on any atom is 0.141 e. The zero-order valence-corrected chi connectivity index (χ0v) is 18.0. The first-order valence-corrected chi connectivity index (χ1v) is 9.68. The Morgan fingerprint density at radius 1 is 1.07 bits per heavy atom. The summed E-state index contributed by atoms with van der Waals surface area (Å²) in [6, 6.07) is 8.16. The monoisotopic (exact) mass is 381 g/mol. The molecule has 0 atom stereocenters. The van der Waals surface area contributed by atoms with Gasteiger partial charge in [-0.3, -0.25) is 0 Å². The number of aromatic nitrogens is 2. The van der Waals surface area contributed by atoms with Crippen LogP contribution in [0.4, 0.5) is 5.82 Å². The average molecular weight is 382 g/mol. The van der Waals surface area contributed by atoms with E-state index >= 15 is 0 Å². The molecule has 0 amide bonds. The molecule has 0 spiro atoms. The van der Waals surface area contributed by atoms with E-state index in [1.165, 1.54) is 5.69 Å². The summed E-state index contributed by atoms with van der Waals surface area (Å²) < 4.78 is 12.9. The Kier molecular flexibility index (Phi) is 5.28. The Morgan fingerprint density at radius 2 is 1.71 bits per heavy atom. The Balaban J connectivity index is 2.26. The van der Waals surface area contributed by atoms with Crippen LogP contribution in [0.5, 0.6) is 5.75 Å². The molecule has 0 aliphatic rings. The van der Waals surface area contributed by atoms with E-state index in [1.807, 2.05) is 33.0 Å². The van der Waals surface area contributed by atoms with Gasteiger partial charge in [0.2, 0.25) is 0 Å². The van der Waals surface area contributed by atoms with Crippen LogP contribution in [0.1, 0.15) is 44.3 Å². The van der Waals surface area contributed by atoms with Crippen LogP contribution in [-0.4, -0.2) is 16.8 Å². The number of nitrogens with zero attached hydrogens (tertiary/aromatic N) is 2. The highest BCUT2D eigenvalue weighted by Crippen LogP contribution is 2.44. The zero-order valence-electron chi connectivity index (χ0n) is 18.0. The topological polar surface area (TPSA) is 66.2 Å². The number of ether oxygens (including phenoxy) is 1. The molecular weight excluding hydrogens is 350 g/mol. The molecule has 0 aliphatic heterocycles. The van der Waals surface area contributed by atoms with E-state index in [2.05, 4.69) is 42.6 Å². The predicted octanol–water partition coefficient (Wildman–Crippen LogP) is 5.53. The summed E-state index contributed by atoms with van der Waals surface area (Å²) in [5.74, 6) is 2.36. The quantitative estimate of drug-likeness (QED) is 0.631. The third-order valence-corrected chi connectivity index (χ3v) is 5.33. The van der Waals surface area contributed by atoms with Crippen LogP contribution < -0.4 is 10.5 Å². The molecule has 0 saturated carbocycles. The van der Waals surface area contributed by atoms with Gasteiger partial charge in [-0.15, -0.1) is 0 Å². The third-order valence-electron chi connectivity index (χ3n) is 5.33. The SMILES string of the molecule is COc1ccc(-c2c(-c3c(C)noc3C)c(N)n(C)c2CCC(C)(C)C)cc1. The van der Waals surface area contributed by atoms with Crippen LogP contribution >= 0.6 is 0 Å². The number of aryl methyl sites for hydroxylation is 2. The maximum atomic E-state index is 6.63. The Labute approximate surface area is 167 Å². The molecule has 0 saturated heterocycles. The molecule has 0 radical (unpaired) electrons. The standard InChI is InChI=1S/C23H31N3O2/c1-14-19(15(2)28-25-14)21-20(16-8-10-17(27-7)11-9-16)18(26(6)22(21)24)12-13-23(3,4)5/h8-11H,12-13,24H2,1-7H3. The summed E-state index contributed by atoms with van der Waals surface area (Å²) in [5.41, 5.74) is 13.2. The summed E-state index contributed by atoms with van der Waals surface area (Å²) in [5, 5.41) is 4.16. The third kappa shape index (κ3) is 3.66. The second-order valence-electron chi connectivity index (χ2n) is 8.63. The van der Waals surface area contributed by atoms with E-state index < -0.39 is 0 Å². The van der Waals surface area contributed by atoms with Crippen molar-refractivity contribution in [2.24, 2.45) is 12.5 Å². The Bertz CT molecular complexity index is 953. The Hall–Kier alpha value is -2.69. The van der Waals surface area contributed by atoms with E-state index in [-0.39, 0.29) is 5.41 Å². The second kappa shape index (κ2) is 7.38. The fraction of sp³-hybridized carbons (Fsp3) is 0.435. The van der Waals surface area contributed by atoms with Crippen LogP contribution in [0.2, 0.25) is 0 Å². The average Bonchev–Trinajstić information content (AvgIpc) is 3.09. The molecule has 150 valence electrons. The fourth-order valence-corrected chi connectivity index (χ4v) is 3.70. The summed E-state index contributed by atoms with van der Waals surface area (Å²) in [6.07, 6.45) is 2.00. The highest BCUT2D eigenvalue weighted by molar-refractivity contribution is 5.94. The molecule has 5 nitrogen and oxygen atoms in total. The molecule has 2 aromatic heterocycles. The Morgan fingerprint density at radius 3 is 2.21 bits per heavy atom. The molecule has 2 N–H and O–H groups in total. The lowest BCUT2D eigenvalue weighted by Crippen LogP contribution is -2.09. The van der Waals surface area contributed by atoms with Crippen molar-refractivity contribution in [3.05, 3.63) is 41.4 Å². The van der Waals surface area contributed by atoms with E-state index in [0.717, 1.165) is 58.1 Å². The summed E-state index contributed by atoms with van der Waals surface area (Å²) >= 11 is 0. The number of methoxy groups -OCH3 is 1. The molecular formula is C23H31N3O2. The van der Waals surface area contributed by atoms with Crippen molar-refractivity contribution in [1.82, 2.24) is 9.72 Å². The molecule has 5 heteroatoms. The van der Waals surface area contributed by atoms with E-state index in [4.69, 9.17) is 15.0 Å². The minimum atomic E-state index is 0.236. The number of nitrogen functional groups attached to an aromatic ring is 1. The van der Waals surface area contributed by atoms with Crippen molar-refractivity contribution in [2.45, 2.75) is 47.5 Å². The van der Waals surface area contributed by atoms with Gasteiger partial charge in [-0.1, -0.05) is 38.1 Å². The summed E-state index contributed by atoms with van der Waals surface area (Å²) in [7, 11) is 3.72. The number of rotatable bonds is 5. The largest absolute Gasteiger partial charge is 0.497 e. The van der Waals surface area contributed by atoms with Gasteiger partial charge in [0.1, 0.15) is 17.3 Å². The highest BCUT2D eigenvalue weighted by atomic mass is 16.5. The summed E-state index contributed by atoms with van der Waals surface area (Å²) in [6.45, 7) is 10.7. The molecule has 3 aromatic rings. The minimum absolute atomic E-state index is 0.236. The van der Waals surface area contributed by atoms with Gasteiger partial charge in [0, 0.05) is 23.9 Å². The van der Waals surface area contributed by atoms with E-state index in [1.54, 1.807) is 7.11 Å². The van der Waals surface area contributed by atoms with Crippen molar-refractivity contribution in [2.75, 3.05) is 12.8 Å². The number of nitrogens with two attached hydrogens (primary N) is 1. The van der Waals surface area contributed by atoms with Crippen LogP contribution in [-0.2, 0) is 13.5 Å². The van der Waals surface area contributed by atoms with Crippen molar-refractivity contribution >= 4 is 5.82 Å². The van der Waals surface area contributed by atoms with Gasteiger partial charge in [-0.05, 0) is 49.8 Å². The number of anilines is 1. The van der Waals surface area contributed by atoms with Gasteiger partial charge >= 0.3 is 0 Å². The van der Waals surface area contributed by atoms with Crippen molar-refractivity contribution in [3.8, 4) is 28.0 Å². The van der Waals surface area contributed by atoms with Gasteiger partial charge in [0.05, 0.1) is 18.4 Å². The van der Waals surface area contributed by atoms with Crippen molar-refractivity contribution < 1.29 is 9.26 Å². The number of hydrogen-bond acceptors (Lipinski definition) is 4. The summed E-state index contributed by atoms with van der Waals surface area (Å²) in [4.78, 5) is 0. The molecule has 0 unspecified atom stereocenters. The molecule has 1 aromatic carbocycles. The van der Waals surface area contributed by atoms with Crippen LogP contribution in [0.15, 0.2) is 28.8 Å². The van der Waals surface area contributed by atoms with E-state index in [9.17, 15) is 0 Å².